The van der Waals surface area contributed by atoms with E-state index in [4.69, 9.17) is 4.74 Å². The zero-order valence-electron chi connectivity index (χ0n) is 21.0. The Morgan fingerprint density at radius 3 is 1.74 bits per heavy atom. The van der Waals surface area contributed by atoms with Gasteiger partial charge < -0.3 is 10.1 Å². The SMILES string of the molecule is CCCC[P+](CCCC)(CCCC)C1(C(=O)Nc2c(C)cc(OC)cc2C)CCC1.[Y]. The van der Waals surface area contributed by atoms with E-state index >= 15 is 0 Å². The molecule has 1 aromatic carbocycles. The average Bonchev–Trinajstić information content (AvgIpc) is 2.70. The quantitative estimate of drug-likeness (QED) is 0.271. The molecule has 3 nitrogen and oxygen atoms in total. The van der Waals surface area contributed by atoms with E-state index in [2.05, 4.69) is 39.9 Å². The van der Waals surface area contributed by atoms with Gasteiger partial charge in [-0.3, -0.25) is 4.79 Å². The number of rotatable bonds is 13. The minimum Gasteiger partial charge on any atom is -0.497 e. The van der Waals surface area contributed by atoms with E-state index in [-0.39, 0.29) is 37.9 Å². The van der Waals surface area contributed by atoms with Crippen LogP contribution >= 0.6 is 7.26 Å². The number of unbranched alkanes of at least 4 members (excludes halogenated alkanes) is 3. The van der Waals surface area contributed by atoms with Crippen LogP contribution in [0.15, 0.2) is 12.1 Å². The van der Waals surface area contributed by atoms with Gasteiger partial charge in [0.2, 0.25) is 0 Å². The number of methoxy groups -OCH3 is 1. The molecule has 2 rings (SSSR count). The molecule has 1 aliphatic carbocycles. The van der Waals surface area contributed by atoms with Crippen LogP contribution in [0, 0.1) is 13.8 Å². The fraction of sp³-hybridized carbons (Fsp3) is 0.731. The summed E-state index contributed by atoms with van der Waals surface area (Å²) in [4.78, 5) is 14.0. The maximum Gasteiger partial charge on any atom is 0.268 e. The fourth-order valence-corrected chi connectivity index (χ4v) is 11.7. The predicted molar refractivity (Wildman–Crippen MR) is 134 cm³/mol. The Bertz CT molecular complexity index is 658. The number of benzene rings is 1. The summed E-state index contributed by atoms with van der Waals surface area (Å²) < 4.78 is 5.42. The Morgan fingerprint density at radius 1 is 0.968 bits per heavy atom. The number of ether oxygens (including phenoxy) is 1. The van der Waals surface area contributed by atoms with Gasteiger partial charge in [0.05, 0.1) is 25.6 Å². The maximum atomic E-state index is 14.0. The number of carbonyl (C=O) groups excluding carboxylic acids is 1. The van der Waals surface area contributed by atoms with Gasteiger partial charge in [0.1, 0.15) is 5.75 Å². The maximum absolute atomic E-state index is 14.0. The van der Waals surface area contributed by atoms with Crippen molar-refractivity contribution in [2.75, 3.05) is 30.9 Å². The molecule has 1 amide bonds. The summed E-state index contributed by atoms with van der Waals surface area (Å²) in [5.41, 5.74) is 3.18. The Balaban J connectivity index is 0.00000480. The van der Waals surface area contributed by atoms with E-state index in [9.17, 15) is 4.79 Å². The van der Waals surface area contributed by atoms with Crippen molar-refractivity contribution in [1.82, 2.24) is 0 Å². The molecule has 1 aliphatic rings. The van der Waals surface area contributed by atoms with Crippen molar-refractivity contribution in [3.63, 3.8) is 0 Å². The molecular weight excluding hydrogens is 478 g/mol. The van der Waals surface area contributed by atoms with Crippen molar-refractivity contribution in [3.8, 4) is 5.75 Å². The molecule has 1 saturated carbocycles. The van der Waals surface area contributed by atoms with Crippen molar-refractivity contribution in [1.29, 1.82) is 0 Å². The Labute approximate surface area is 217 Å². The molecular formula is C26H45NO2PY+. The van der Waals surface area contributed by atoms with Gasteiger partial charge >= 0.3 is 0 Å². The van der Waals surface area contributed by atoms with Crippen LogP contribution in [0.3, 0.4) is 0 Å². The average molecular weight is 524 g/mol. The number of carbonyl (C=O) groups is 1. The third-order valence-corrected chi connectivity index (χ3v) is 13.3. The van der Waals surface area contributed by atoms with Crippen LogP contribution in [0.5, 0.6) is 5.75 Å². The Hall–Kier alpha value is 0.0239. The number of hydrogen-bond acceptors (Lipinski definition) is 2. The second-order valence-electron chi connectivity index (χ2n) is 9.35. The first-order chi connectivity index (χ1) is 14.4. The van der Waals surface area contributed by atoms with E-state index < -0.39 is 7.26 Å². The number of anilines is 1. The summed E-state index contributed by atoms with van der Waals surface area (Å²) in [7, 11) is 0.342. The van der Waals surface area contributed by atoms with E-state index in [0.29, 0.717) is 5.91 Å². The third-order valence-electron chi connectivity index (χ3n) is 7.31. The minimum atomic E-state index is -1.36. The molecule has 31 heavy (non-hydrogen) atoms. The monoisotopic (exact) mass is 523 g/mol. The number of hydrogen-bond donors (Lipinski definition) is 1. The molecule has 0 atom stereocenters. The van der Waals surface area contributed by atoms with Gasteiger partial charge in [0, 0.05) is 45.7 Å². The first-order valence-corrected chi connectivity index (χ1v) is 14.6. The van der Waals surface area contributed by atoms with Crippen LogP contribution in [0.1, 0.15) is 89.7 Å². The third kappa shape index (κ3) is 6.54. The number of aryl methyl sites for hydroxylation is 2. The van der Waals surface area contributed by atoms with Crippen LogP contribution in [-0.2, 0) is 37.5 Å². The van der Waals surface area contributed by atoms with Gasteiger partial charge in [0.25, 0.3) is 5.91 Å². The second-order valence-corrected chi connectivity index (χ2v) is 13.8. The molecule has 173 valence electrons. The topological polar surface area (TPSA) is 38.3 Å². The van der Waals surface area contributed by atoms with Crippen LogP contribution in [0.4, 0.5) is 5.69 Å². The minimum absolute atomic E-state index is 0. The Morgan fingerprint density at radius 2 is 1.42 bits per heavy atom. The van der Waals surface area contributed by atoms with Gasteiger partial charge in [0.15, 0.2) is 5.16 Å². The largest absolute Gasteiger partial charge is 0.497 e. The normalized spacial score (nSPS) is 15.0. The molecule has 1 fully saturated rings. The summed E-state index contributed by atoms with van der Waals surface area (Å²) in [6.07, 6.45) is 14.8. The molecule has 5 heteroatoms. The van der Waals surface area contributed by atoms with Crippen LogP contribution in [-0.4, -0.2) is 36.7 Å². The Kier molecular flexibility index (Phi) is 12.8. The van der Waals surface area contributed by atoms with E-state index in [1.54, 1.807) is 7.11 Å². The van der Waals surface area contributed by atoms with Crippen LogP contribution in [0.25, 0.3) is 0 Å². The van der Waals surface area contributed by atoms with Crippen LogP contribution in [0.2, 0.25) is 0 Å². The standard InChI is InChI=1S/C26H44NO2P.Y/c1-7-10-16-30(17-11-8-2,18-12-9-3)26(14-13-15-26)25(28)27-24-21(4)19-23(29-6)20-22(24)5;/h19-20H,7-18H2,1-6H3;/p+1. The van der Waals surface area contributed by atoms with E-state index in [1.165, 1.54) is 63.4 Å². The second kappa shape index (κ2) is 13.7. The summed E-state index contributed by atoms with van der Waals surface area (Å²) in [5, 5.41) is 3.35. The zero-order chi connectivity index (χ0) is 22.2. The van der Waals surface area contributed by atoms with Crippen molar-refractivity contribution in [2.24, 2.45) is 0 Å². The molecule has 0 bridgehead atoms. The van der Waals surface area contributed by atoms with Crippen molar-refractivity contribution >= 4 is 18.9 Å². The smallest absolute Gasteiger partial charge is 0.268 e. The van der Waals surface area contributed by atoms with Gasteiger partial charge in [-0.2, -0.15) is 0 Å². The van der Waals surface area contributed by atoms with Crippen LogP contribution < -0.4 is 10.1 Å². The zero-order valence-corrected chi connectivity index (χ0v) is 24.7. The van der Waals surface area contributed by atoms with Crippen molar-refractivity contribution in [3.05, 3.63) is 23.3 Å². The summed E-state index contributed by atoms with van der Waals surface area (Å²) >= 11 is 0. The van der Waals surface area contributed by atoms with E-state index in [0.717, 1.165) is 35.4 Å². The molecule has 0 aliphatic heterocycles. The number of amides is 1. The van der Waals surface area contributed by atoms with Gasteiger partial charge in [-0.15, -0.1) is 0 Å². The van der Waals surface area contributed by atoms with Gasteiger partial charge in [-0.1, -0.05) is 40.0 Å². The molecule has 0 spiro atoms. The molecule has 0 aromatic heterocycles. The summed E-state index contributed by atoms with van der Waals surface area (Å²) in [6.45, 7) is 11.0. The molecule has 1 N–H and O–H groups in total. The van der Waals surface area contributed by atoms with Gasteiger partial charge in [-0.25, -0.2) is 0 Å². The summed E-state index contributed by atoms with van der Waals surface area (Å²) in [6, 6.07) is 4.06. The molecule has 1 aromatic rings. The van der Waals surface area contributed by atoms with Gasteiger partial charge in [-0.05, 0) is 75.6 Å². The first-order valence-electron chi connectivity index (χ1n) is 12.2. The summed E-state index contributed by atoms with van der Waals surface area (Å²) in [5.74, 6) is 1.18. The van der Waals surface area contributed by atoms with E-state index in [1.807, 2.05) is 12.1 Å². The molecule has 0 saturated heterocycles. The van der Waals surface area contributed by atoms with Crippen molar-refractivity contribution in [2.45, 2.75) is 97.6 Å². The number of nitrogens with one attached hydrogen (secondary N) is 1. The first kappa shape index (κ1) is 29.1. The molecule has 0 heterocycles. The van der Waals surface area contributed by atoms with Crippen molar-refractivity contribution < 1.29 is 42.2 Å². The molecule has 1 radical (unpaired) electrons. The predicted octanol–water partition coefficient (Wildman–Crippen LogP) is 7.59. The fourth-order valence-electron chi connectivity index (χ4n) is 5.26. The molecule has 0 unspecified atom stereocenters.